The lowest BCUT2D eigenvalue weighted by Crippen LogP contribution is -2.47. The molecule has 3 heteroatoms. The molecule has 2 rings (SSSR count). The summed E-state index contributed by atoms with van der Waals surface area (Å²) in [5, 5.41) is 3.74. The summed E-state index contributed by atoms with van der Waals surface area (Å²) in [7, 11) is 2.22. The molecule has 1 unspecified atom stereocenters. The molecule has 1 saturated heterocycles. The number of thioether (sulfide) groups is 1. The maximum Gasteiger partial charge on any atom is 0.0281 e. The lowest BCUT2D eigenvalue weighted by atomic mass is 9.84. The largest absolute Gasteiger partial charge is 0.311 e. The van der Waals surface area contributed by atoms with E-state index in [1.165, 1.54) is 45.3 Å². The van der Waals surface area contributed by atoms with Gasteiger partial charge in [0.05, 0.1) is 0 Å². The maximum atomic E-state index is 3.74. The van der Waals surface area contributed by atoms with E-state index in [0.29, 0.717) is 4.75 Å². The van der Waals surface area contributed by atoms with Crippen molar-refractivity contribution >= 4 is 11.8 Å². The van der Waals surface area contributed by atoms with E-state index in [9.17, 15) is 0 Å². The number of hydrogen-bond acceptors (Lipinski definition) is 3. The van der Waals surface area contributed by atoms with Gasteiger partial charge in [-0.3, -0.25) is 0 Å². The van der Waals surface area contributed by atoms with Gasteiger partial charge in [0, 0.05) is 23.9 Å². The van der Waals surface area contributed by atoms with E-state index in [-0.39, 0.29) is 0 Å². The minimum Gasteiger partial charge on any atom is -0.311 e. The molecule has 1 aliphatic carbocycles. The van der Waals surface area contributed by atoms with Gasteiger partial charge in [-0.1, -0.05) is 6.42 Å². The zero-order chi connectivity index (χ0) is 10.0. The Bertz CT molecular complexity index is 186. The van der Waals surface area contributed by atoms with Crippen LogP contribution in [0.3, 0.4) is 0 Å². The van der Waals surface area contributed by atoms with Gasteiger partial charge in [-0.15, -0.1) is 0 Å². The van der Waals surface area contributed by atoms with Crippen molar-refractivity contribution in [3.8, 4) is 0 Å². The van der Waals surface area contributed by atoms with Gasteiger partial charge < -0.3 is 10.2 Å². The van der Waals surface area contributed by atoms with Crippen LogP contribution in [-0.4, -0.2) is 48.6 Å². The molecule has 0 amide bonds. The van der Waals surface area contributed by atoms with Crippen molar-refractivity contribution in [2.24, 2.45) is 0 Å². The summed E-state index contributed by atoms with van der Waals surface area (Å²) in [5.41, 5.74) is 0. The predicted molar refractivity (Wildman–Crippen MR) is 64.0 cm³/mol. The Hall–Kier alpha value is 0.270. The van der Waals surface area contributed by atoms with Gasteiger partial charge in [0.15, 0.2) is 0 Å². The van der Waals surface area contributed by atoms with Gasteiger partial charge in [0.1, 0.15) is 0 Å². The van der Waals surface area contributed by atoms with Crippen LogP contribution in [0.15, 0.2) is 0 Å². The molecule has 0 aromatic carbocycles. The molecule has 1 atom stereocenters. The summed E-state index contributed by atoms with van der Waals surface area (Å²) in [4.78, 5) is 2.42. The van der Waals surface area contributed by atoms with E-state index in [0.717, 1.165) is 6.04 Å². The van der Waals surface area contributed by atoms with Crippen molar-refractivity contribution in [1.29, 1.82) is 0 Å². The molecule has 2 fully saturated rings. The third-order valence-electron chi connectivity index (χ3n) is 3.80. The Kier molecular flexibility index (Phi) is 3.40. The van der Waals surface area contributed by atoms with E-state index >= 15 is 0 Å². The fourth-order valence-electron chi connectivity index (χ4n) is 2.46. The van der Waals surface area contributed by atoms with Crippen molar-refractivity contribution in [2.45, 2.75) is 36.5 Å². The molecule has 1 saturated carbocycles. The Morgan fingerprint density at radius 3 is 2.71 bits per heavy atom. The summed E-state index contributed by atoms with van der Waals surface area (Å²) in [6.07, 6.45) is 7.88. The molecule has 0 aromatic rings. The van der Waals surface area contributed by atoms with Crippen LogP contribution in [0.2, 0.25) is 0 Å². The summed E-state index contributed by atoms with van der Waals surface area (Å²) < 4.78 is 0.598. The van der Waals surface area contributed by atoms with Crippen LogP contribution < -0.4 is 5.32 Å². The molecule has 0 bridgehead atoms. The average molecular weight is 214 g/mol. The smallest absolute Gasteiger partial charge is 0.0281 e. The number of nitrogens with one attached hydrogen (secondary N) is 1. The number of rotatable bonds is 4. The van der Waals surface area contributed by atoms with Gasteiger partial charge in [0.2, 0.25) is 0 Å². The van der Waals surface area contributed by atoms with E-state index < -0.39 is 0 Å². The number of likely N-dealkylation sites (tertiary alicyclic amines) is 1. The first kappa shape index (κ1) is 10.8. The topological polar surface area (TPSA) is 15.3 Å². The molecule has 0 radical (unpaired) electrons. The summed E-state index contributed by atoms with van der Waals surface area (Å²) in [5.74, 6) is 0. The van der Waals surface area contributed by atoms with E-state index in [1.54, 1.807) is 0 Å². The van der Waals surface area contributed by atoms with Gasteiger partial charge in [-0.25, -0.2) is 0 Å². The Morgan fingerprint density at radius 2 is 2.29 bits per heavy atom. The molecule has 2 nitrogen and oxygen atoms in total. The van der Waals surface area contributed by atoms with Crippen LogP contribution in [0.4, 0.5) is 0 Å². The molecule has 1 N–H and O–H groups in total. The van der Waals surface area contributed by atoms with Gasteiger partial charge in [-0.05, 0) is 39.1 Å². The molecule has 0 aromatic heterocycles. The number of likely N-dealkylation sites (N-methyl/N-ethyl adjacent to an activating group) is 1. The molecule has 14 heavy (non-hydrogen) atoms. The third kappa shape index (κ3) is 2.26. The van der Waals surface area contributed by atoms with Gasteiger partial charge in [-0.2, -0.15) is 11.8 Å². The highest BCUT2D eigenvalue weighted by molar-refractivity contribution is 8.00. The second-order valence-corrected chi connectivity index (χ2v) is 6.14. The monoisotopic (exact) mass is 214 g/mol. The minimum atomic E-state index is 0.598. The minimum absolute atomic E-state index is 0.598. The first-order valence-corrected chi connectivity index (χ1v) is 6.94. The molecular weight excluding hydrogens is 192 g/mol. The van der Waals surface area contributed by atoms with Crippen LogP contribution in [0.25, 0.3) is 0 Å². The second kappa shape index (κ2) is 4.42. The quantitative estimate of drug-likeness (QED) is 0.765. The Morgan fingerprint density at radius 1 is 1.50 bits per heavy atom. The normalized spacial score (nSPS) is 31.7. The van der Waals surface area contributed by atoms with Crippen molar-refractivity contribution in [2.75, 3.05) is 32.9 Å². The van der Waals surface area contributed by atoms with Crippen LogP contribution in [-0.2, 0) is 0 Å². The average Bonchev–Trinajstić information content (AvgIpc) is 2.50. The second-order valence-electron chi connectivity index (χ2n) is 4.87. The maximum absolute atomic E-state index is 3.74. The molecule has 0 spiro atoms. The number of nitrogens with zero attached hydrogens (tertiary/aromatic N) is 1. The van der Waals surface area contributed by atoms with Crippen molar-refractivity contribution in [3.05, 3.63) is 0 Å². The van der Waals surface area contributed by atoms with Crippen molar-refractivity contribution < 1.29 is 0 Å². The van der Waals surface area contributed by atoms with E-state index in [2.05, 4.69) is 35.3 Å². The van der Waals surface area contributed by atoms with Crippen molar-refractivity contribution in [3.63, 3.8) is 0 Å². The lowest BCUT2D eigenvalue weighted by Gasteiger charge is -2.41. The first-order valence-electron chi connectivity index (χ1n) is 5.71. The van der Waals surface area contributed by atoms with Gasteiger partial charge >= 0.3 is 0 Å². The Balaban J connectivity index is 1.71. The SMILES string of the molecule is CSC1(CNC2CCN(C)C2)CCC1. The fourth-order valence-corrected chi connectivity index (χ4v) is 3.38. The lowest BCUT2D eigenvalue weighted by molar-refractivity contribution is 0.325. The summed E-state index contributed by atoms with van der Waals surface area (Å²) in [6, 6.07) is 0.754. The summed E-state index contributed by atoms with van der Waals surface area (Å²) >= 11 is 2.07. The molecule has 1 heterocycles. The number of hydrogen-bond donors (Lipinski definition) is 1. The van der Waals surface area contributed by atoms with E-state index in [1.807, 2.05) is 0 Å². The predicted octanol–water partition coefficient (Wildman–Crippen LogP) is 1.57. The Labute approximate surface area is 91.8 Å². The fraction of sp³-hybridized carbons (Fsp3) is 1.00. The van der Waals surface area contributed by atoms with Crippen LogP contribution in [0.5, 0.6) is 0 Å². The molecular formula is C11H22N2S. The standard InChI is InChI=1S/C11H22N2S/c1-13-7-4-10(8-13)12-9-11(14-2)5-3-6-11/h10,12H,3-9H2,1-2H3. The first-order chi connectivity index (χ1) is 6.74. The molecule has 2 aliphatic rings. The summed E-state index contributed by atoms with van der Waals surface area (Å²) in [6.45, 7) is 3.74. The van der Waals surface area contributed by atoms with E-state index in [4.69, 9.17) is 0 Å². The molecule has 82 valence electrons. The van der Waals surface area contributed by atoms with Gasteiger partial charge in [0.25, 0.3) is 0 Å². The van der Waals surface area contributed by atoms with Crippen LogP contribution >= 0.6 is 11.8 Å². The highest BCUT2D eigenvalue weighted by Gasteiger charge is 2.36. The van der Waals surface area contributed by atoms with Crippen molar-refractivity contribution in [1.82, 2.24) is 10.2 Å². The molecule has 1 aliphatic heterocycles. The van der Waals surface area contributed by atoms with Crippen LogP contribution in [0.1, 0.15) is 25.7 Å². The zero-order valence-electron chi connectivity index (χ0n) is 9.38. The highest BCUT2D eigenvalue weighted by atomic mass is 32.2. The van der Waals surface area contributed by atoms with Crippen LogP contribution in [0, 0.1) is 0 Å². The highest BCUT2D eigenvalue weighted by Crippen LogP contribution is 2.42. The third-order valence-corrected chi connectivity index (χ3v) is 5.22. The zero-order valence-corrected chi connectivity index (χ0v) is 10.2.